The van der Waals surface area contributed by atoms with E-state index in [1.165, 1.54) is 4.90 Å². The highest BCUT2D eigenvalue weighted by Crippen LogP contribution is 2.53. The van der Waals surface area contributed by atoms with Gasteiger partial charge in [0, 0.05) is 6.04 Å². The molecule has 6 rings (SSSR count). The van der Waals surface area contributed by atoms with E-state index >= 15 is 0 Å². The lowest BCUT2D eigenvalue weighted by molar-refractivity contribution is -0.169. The van der Waals surface area contributed by atoms with E-state index in [1.54, 1.807) is 38.1 Å². The zero-order valence-corrected chi connectivity index (χ0v) is 23.5. The van der Waals surface area contributed by atoms with Crippen LogP contribution in [0, 0.1) is 11.8 Å². The van der Waals surface area contributed by atoms with Crippen LogP contribution in [0.5, 0.6) is 0 Å². The van der Waals surface area contributed by atoms with Crippen LogP contribution in [0.1, 0.15) is 31.1 Å². The quantitative estimate of drug-likeness (QED) is 0.244. The predicted molar refractivity (Wildman–Crippen MR) is 144 cm³/mol. The molecule has 3 fully saturated rings. The van der Waals surface area contributed by atoms with Gasteiger partial charge >= 0.3 is 27.3 Å². The number of carbonyl (C=O) groups is 3. The Morgan fingerprint density at radius 3 is 2.12 bits per heavy atom. The third kappa shape index (κ3) is 4.08. The van der Waals surface area contributed by atoms with E-state index in [2.05, 4.69) is 0 Å². The Hall–Kier alpha value is -3.68. The highest BCUT2D eigenvalue weighted by molar-refractivity contribution is 7.86. The summed E-state index contributed by atoms with van der Waals surface area (Å²) >= 11 is 0. The van der Waals surface area contributed by atoms with Crippen molar-refractivity contribution in [2.24, 2.45) is 11.8 Å². The Labute approximate surface area is 239 Å². The van der Waals surface area contributed by atoms with Crippen molar-refractivity contribution in [2.75, 3.05) is 0 Å². The summed E-state index contributed by atoms with van der Waals surface area (Å²) in [6.07, 6.45) is -5.83. The van der Waals surface area contributed by atoms with Crippen molar-refractivity contribution < 1.29 is 50.3 Å². The Bertz CT molecular complexity index is 1690. The van der Waals surface area contributed by atoms with E-state index in [-0.39, 0.29) is 11.6 Å². The summed E-state index contributed by atoms with van der Waals surface area (Å²) in [6, 6.07) is 15.3. The van der Waals surface area contributed by atoms with E-state index in [0.29, 0.717) is 17.7 Å². The minimum Gasteiger partial charge on any atom is -0.455 e. The third-order valence-electron chi connectivity index (χ3n) is 8.42. The summed E-state index contributed by atoms with van der Waals surface area (Å²) in [5.41, 5.74) is 0.281. The van der Waals surface area contributed by atoms with Crippen molar-refractivity contribution in [3.05, 3.63) is 60.2 Å². The molecule has 3 saturated heterocycles. The molecule has 3 aromatic rings. The zero-order chi connectivity index (χ0) is 30.3. The smallest absolute Gasteiger partial charge is 0.405 e. The number of carbonyl (C=O) groups excluding carboxylic acids is 3. The maximum atomic E-state index is 14.2. The van der Waals surface area contributed by atoms with Gasteiger partial charge in [-0.05, 0) is 48.4 Å². The first-order valence-corrected chi connectivity index (χ1v) is 14.8. The van der Waals surface area contributed by atoms with Gasteiger partial charge in [-0.3, -0.25) is 14.1 Å². The lowest BCUT2D eigenvalue weighted by Gasteiger charge is -2.33. The molecule has 3 heterocycles. The van der Waals surface area contributed by atoms with Gasteiger partial charge in [0.05, 0.1) is 23.6 Å². The molecule has 7 atom stereocenters. The molecular formula is C29H27F2NO9S. The number of hydrogen-bond donors (Lipinski definition) is 1. The fourth-order valence-electron chi connectivity index (χ4n) is 6.61. The first kappa shape index (κ1) is 28.4. The number of nitrogens with zero attached hydrogens (tertiary/aromatic N) is 1. The third-order valence-corrected chi connectivity index (χ3v) is 9.44. The first-order valence-electron chi connectivity index (χ1n) is 13.4. The highest BCUT2D eigenvalue weighted by Gasteiger charge is 2.73. The summed E-state index contributed by atoms with van der Waals surface area (Å²) < 4.78 is 76.6. The molecule has 222 valence electrons. The normalized spacial score (nSPS) is 27.7. The minimum atomic E-state index is -5.90. The molecule has 3 aliphatic rings. The number of alkyl halides is 2. The highest BCUT2D eigenvalue weighted by atomic mass is 32.2. The fraction of sp³-hybridized carbons (Fsp3) is 0.414. The van der Waals surface area contributed by atoms with E-state index < -0.39 is 75.5 Å². The standard InChI is InChI=1S/C29H27F2NO9S/c1-13(2)32-22-23-20(26(32)33)21(28(35)39-14(3)29(30,31)42(36,37)38)24(40-23)25(22)41-27(34)19-17-10-6-4-8-15(17)12-16-9-5-7-11-18(16)19/h4-14,20-25H,1-3H3,(H,36,37,38). The number of hydrogen-bond acceptors (Lipinski definition) is 8. The molecule has 1 N–H and O–H groups in total. The number of esters is 2. The van der Waals surface area contributed by atoms with Gasteiger partial charge in [-0.15, -0.1) is 0 Å². The second-order valence-electron chi connectivity index (χ2n) is 11.1. The molecule has 0 aliphatic carbocycles. The van der Waals surface area contributed by atoms with Gasteiger partial charge in [0.2, 0.25) is 5.91 Å². The predicted octanol–water partition coefficient (Wildman–Crippen LogP) is 3.56. The van der Waals surface area contributed by atoms with Crippen LogP contribution < -0.4 is 0 Å². The number of likely N-dealkylation sites (tertiary alicyclic amines) is 1. The van der Waals surface area contributed by atoms with Crippen LogP contribution in [0.25, 0.3) is 21.5 Å². The zero-order valence-electron chi connectivity index (χ0n) is 22.6. The monoisotopic (exact) mass is 603 g/mol. The summed E-state index contributed by atoms with van der Waals surface area (Å²) in [5, 5.41) is -1.95. The van der Waals surface area contributed by atoms with Crippen LogP contribution in [0.2, 0.25) is 0 Å². The van der Waals surface area contributed by atoms with Gasteiger partial charge in [-0.25, -0.2) is 4.79 Å². The van der Waals surface area contributed by atoms with E-state index in [9.17, 15) is 31.6 Å². The van der Waals surface area contributed by atoms with Gasteiger partial charge in [0.15, 0.2) is 12.2 Å². The van der Waals surface area contributed by atoms with Crippen molar-refractivity contribution in [1.29, 1.82) is 0 Å². The molecule has 7 unspecified atom stereocenters. The van der Waals surface area contributed by atoms with Crippen LogP contribution >= 0.6 is 0 Å². The van der Waals surface area contributed by atoms with Crippen LogP contribution in [0.4, 0.5) is 8.78 Å². The number of ether oxygens (including phenoxy) is 3. The van der Waals surface area contributed by atoms with Gasteiger partial charge in [0.1, 0.15) is 12.0 Å². The molecule has 0 saturated carbocycles. The van der Waals surface area contributed by atoms with Crippen LogP contribution in [-0.2, 0) is 33.9 Å². The second kappa shape index (κ2) is 9.68. The number of fused-ring (bicyclic) bond motifs is 3. The van der Waals surface area contributed by atoms with Crippen molar-refractivity contribution >= 4 is 49.5 Å². The Morgan fingerprint density at radius 1 is 1.00 bits per heavy atom. The topological polar surface area (TPSA) is 137 Å². The molecule has 13 heteroatoms. The number of halogens is 2. The van der Waals surface area contributed by atoms with Crippen molar-refractivity contribution in [1.82, 2.24) is 4.90 Å². The van der Waals surface area contributed by atoms with Crippen molar-refractivity contribution in [3.63, 3.8) is 0 Å². The van der Waals surface area contributed by atoms with E-state index in [4.69, 9.17) is 18.8 Å². The molecular weight excluding hydrogens is 576 g/mol. The summed E-state index contributed by atoms with van der Waals surface area (Å²) in [7, 11) is -5.90. The van der Waals surface area contributed by atoms with Gasteiger partial charge in [-0.1, -0.05) is 48.5 Å². The largest absolute Gasteiger partial charge is 0.455 e. The molecule has 10 nitrogen and oxygen atoms in total. The van der Waals surface area contributed by atoms with E-state index in [1.807, 2.05) is 30.3 Å². The molecule has 0 radical (unpaired) electrons. The number of benzene rings is 3. The average molecular weight is 604 g/mol. The number of amides is 1. The maximum absolute atomic E-state index is 14.2. The molecule has 0 aromatic heterocycles. The van der Waals surface area contributed by atoms with E-state index in [0.717, 1.165) is 10.8 Å². The second-order valence-corrected chi connectivity index (χ2v) is 12.6. The van der Waals surface area contributed by atoms with Crippen LogP contribution in [0.15, 0.2) is 54.6 Å². The molecule has 3 aromatic carbocycles. The van der Waals surface area contributed by atoms with Crippen LogP contribution in [-0.4, -0.2) is 77.5 Å². The molecule has 3 aliphatic heterocycles. The average Bonchev–Trinajstić information content (AvgIpc) is 3.54. The summed E-state index contributed by atoms with van der Waals surface area (Å²) in [5.74, 6) is -5.09. The van der Waals surface area contributed by atoms with Crippen molar-refractivity contribution in [3.8, 4) is 0 Å². The van der Waals surface area contributed by atoms with Crippen molar-refractivity contribution in [2.45, 2.75) is 62.5 Å². The Balaban J connectivity index is 1.37. The summed E-state index contributed by atoms with van der Waals surface area (Å²) in [4.78, 5) is 42.2. The fourth-order valence-corrected chi connectivity index (χ4v) is 7.08. The van der Waals surface area contributed by atoms with Gasteiger partial charge < -0.3 is 19.1 Å². The Kier molecular flexibility index (Phi) is 6.55. The Morgan fingerprint density at radius 2 is 1.57 bits per heavy atom. The minimum absolute atomic E-state index is 0.281. The van der Waals surface area contributed by atoms with Crippen LogP contribution in [0.3, 0.4) is 0 Å². The van der Waals surface area contributed by atoms with Gasteiger partial charge in [0.25, 0.3) is 0 Å². The molecule has 42 heavy (non-hydrogen) atoms. The lowest BCUT2D eigenvalue weighted by Crippen LogP contribution is -2.52. The summed E-state index contributed by atoms with van der Waals surface area (Å²) in [6.45, 7) is 4.10. The molecule has 0 spiro atoms. The first-order chi connectivity index (χ1) is 19.7. The molecule has 1 amide bonds. The SMILES string of the molecule is CC(C)N1C(=O)C2C3OC(C(OC(=O)c4c5ccccc5cc5ccccc45)C31)C2C(=O)OC(C)C(F)(F)S(=O)(=O)O. The van der Waals surface area contributed by atoms with Gasteiger partial charge in [-0.2, -0.15) is 17.2 Å². The molecule has 2 bridgehead atoms. The number of rotatable bonds is 7. The lowest BCUT2D eigenvalue weighted by atomic mass is 9.78. The maximum Gasteiger partial charge on any atom is 0.405 e.